The van der Waals surface area contributed by atoms with E-state index in [-0.39, 0.29) is 11.7 Å². The molecule has 0 aliphatic carbocycles. The van der Waals surface area contributed by atoms with Crippen molar-refractivity contribution in [1.29, 1.82) is 0 Å². The van der Waals surface area contributed by atoms with Gasteiger partial charge < -0.3 is 10.3 Å². The highest BCUT2D eigenvalue weighted by Gasteiger charge is 2.43. The number of thiophene rings is 1. The van der Waals surface area contributed by atoms with Gasteiger partial charge in [-0.25, -0.2) is 22.7 Å². The van der Waals surface area contributed by atoms with Gasteiger partial charge in [0.1, 0.15) is 11.4 Å². The minimum absolute atomic E-state index is 0.0551. The molecule has 0 saturated heterocycles. The lowest BCUT2D eigenvalue weighted by molar-refractivity contribution is 0.482. The topological polar surface area (TPSA) is 106 Å². The third-order valence-electron chi connectivity index (χ3n) is 5.84. The van der Waals surface area contributed by atoms with Gasteiger partial charge in [0, 0.05) is 49.2 Å². The van der Waals surface area contributed by atoms with Crippen molar-refractivity contribution in [3.63, 3.8) is 0 Å². The average molecular weight is 501 g/mol. The van der Waals surface area contributed by atoms with E-state index >= 15 is 0 Å². The number of fused-ring (bicyclic) bond motifs is 1. The summed E-state index contributed by atoms with van der Waals surface area (Å²) < 4.78 is 29.1. The molecule has 0 bridgehead atoms. The molecule has 0 unspecified atom stereocenters. The van der Waals surface area contributed by atoms with Crippen molar-refractivity contribution in [1.82, 2.24) is 18.8 Å². The molecule has 1 aliphatic heterocycles. The van der Waals surface area contributed by atoms with Crippen molar-refractivity contribution in [3.8, 4) is 22.6 Å². The number of pyridine rings is 1. The Morgan fingerprint density at radius 3 is 2.42 bits per heavy atom. The smallest absolute Gasteiger partial charge is 0.239 e. The number of benzene rings is 1. The molecule has 8 nitrogen and oxygen atoms in total. The van der Waals surface area contributed by atoms with Crippen LogP contribution in [-0.4, -0.2) is 46.0 Å². The highest BCUT2D eigenvalue weighted by atomic mass is 35.5. The highest BCUT2D eigenvalue weighted by molar-refractivity contribution is 7.89. The minimum atomic E-state index is -3.61. The van der Waals surface area contributed by atoms with E-state index in [2.05, 4.69) is 15.0 Å². The van der Waals surface area contributed by atoms with E-state index < -0.39 is 15.6 Å². The quantitative estimate of drug-likeness (QED) is 0.460. The minimum Gasteiger partial charge on any atom is -0.369 e. The Hall–Kier alpha value is -2.95. The van der Waals surface area contributed by atoms with Crippen LogP contribution in [-0.2, 0) is 22.6 Å². The first-order valence-electron chi connectivity index (χ1n) is 10.1. The molecule has 0 amide bonds. The van der Waals surface area contributed by atoms with Crippen LogP contribution in [0.4, 0.5) is 0 Å². The van der Waals surface area contributed by atoms with E-state index in [1.165, 1.54) is 18.4 Å². The molecule has 2 N–H and O–H groups in total. The molecular formula is C22H21ClN6O2S2. The van der Waals surface area contributed by atoms with Crippen molar-refractivity contribution in [2.24, 2.45) is 17.8 Å². The van der Waals surface area contributed by atoms with Crippen LogP contribution in [0.1, 0.15) is 11.8 Å². The van der Waals surface area contributed by atoms with Gasteiger partial charge in [-0.05, 0) is 13.0 Å². The number of rotatable bonds is 3. The number of nitrogens with two attached hydrogens (primary N) is 1. The van der Waals surface area contributed by atoms with Gasteiger partial charge in [-0.2, -0.15) is 0 Å². The number of aromatic nitrogens is 3. The van der Waals surface area contributed by atoms with Crippen LogP contribution in [0.25, 0.3) is 32.7 Å². The van der Waals surface area contributed by atoms with Gasteiger partial charge in [0.25, 0.3) is 0 Å². The molecular weight excluding hydrogens is 480 g/mol. The molecule has 0 saturated carbocycles. The molecule has 4 aromatic rings. The number of aliphatic imine (C=N–C) groups is 1. The maximum absolute atomic E-state index is 12.7. The molecule has 3 aromatic heterocycles. The van der Waals surface area contributed by atoms with Gasteiger partial charge >= 0.3 is 0 Å². The van der Waals surface area contributed by atoms with Crippen LogP contribution in [0.2, 0.25) is 5.02 Å². The lowest BCUT2D eigenvalue weighted by Gasteiger charge is -2.33. The van der Waals surface area contributed by atoms with E-state index in [0.29, 0.717) is 9.90 Å². The largest absolute Gasteiger partial charge is 0.369 e. The van der Waals surface area contributed by atoms with Gasteiger partial charge in [0.05, 0.1) is 26.0 Å². The van der Waals surface area contributed by atoms with Crippen LogP contribution < -0.4 is 5.73 Å². The third-order valence-corrected chi connectivity index (χ3v) is 9.75. The van der Waals surface area contributed by atoms with Gasteiger partial charge in [-0.3, -0.25) is 4.98 Å². The highest BCUT2D eigenvalue weighted by Crippen LogP contribution is 2.47. The Bertz CT molecular complexity index is 1520. The maximum atomic E-state index is 12.7. The summed E-state index contributed by atoms with van der Waals surface area (Å²) in [6.45, 7) is 1.75. The number of aryl methyl sites for hydroxylation is 1. The number of hydrogen-bond acceptors (Lipinski definition) is 7. The number of sulfonamides is 1. The number of guanidine groups is 1. The summed E-state index contributed by atoms with van der Waals surface area (Å²) in [6, 6.07) is 9.84. The maximum Gasteiger partial charge on any atom is 0.239 e. The Labute approximate surface area is 200 Å². The molecule has 0 fully saturated rings. The molecule has 11 heteroatoms. The van der Waals surface area contributed by atoms with Crippen molar-refractivity contribution in [2.75, 3.05) is 12.8 Å². The SMILES string of the molecule is CN1C(N)=N[C@](C)(c2sc3c(-c4ccc(-c5nccn5C)cc4)nccc3c2Cl)CS1(=O)=O. The van der Waals surface area contributed by atoms with Crippen molar-refractivity contribution < 1.29 is 8.42 Å². The summed E-state index contributed by atoms with van der Waals surface area (Å²) in [7, 11) is -0.260. The van der Waals surface area contributed by atoms with Crippen LogP contribution >= 0.6 is 22.9 Å². The molecule has 5 rings (SSSR count). The molecule has 33 heavy (non-hydrogen) atoms. The summed E-state index contributed by atoms with van der Waals surface area (Å²) in [5.74, 6) is 0.603. The molecule has 1 aromatic carbocycles. The second kappa shape index (κ2) is 7.54. The number of imidazole rings is 1. The molecule has 1 aliphatic rings. The van der Waals surface area contributed by atoms with Crippen LogP contribution in [0.15, 0.2) is 53.9 Å². The normalized spacial score (nSPS) is 20.2. The monoisotopic (exact) mass is 500 g/mol. The Morgan fingerprint density at radius 1 is 1.09 bits per heavy atom. The second-order valence-corrected chi connectivity index (χ2v) is 11.6. The van der Waals surface area contributed by atoms with Crippen LogP contribution in [0, 0.1) is 0 Å². The Balaban J connectivity index is 1.63. The molecule has 170 valence electrons. The fraction of sp³-hybridized carbons (Fsp3) is 0.227. The predicted octanol–water partition coefficient (Wildman–Crippen LogP) is 3.82. The molecule has 0 spiro atoms. The van der Waals surface area contributed by atoms with Gasteiger partial charge in [-0.15, -0.1) is 11.3 Å². The zero-order chi connectivity index (χ0) is 23.5. The summed E-state index contributed by atoms with van der Waals surface area (Å²) >= 11 is 8.18. The predicted molar refractivity (Wildman–Crippen MR) is 133 cm³/mol. The van der Waals surface area contributed by atoms with E-state index in [1.807, 2.05) is 48.1 Å². The zero-order valence-corrected chi connectivity index (χ0v) is 20.5. The van der Waals surface area contributed by atoms with Gasteiger partial charge in [0.15, 0.2) is 0 Å². The summed E-state index contributed by atoms with van der Waals surface area (Å²) in [5.41, 5.74) is 7.54. The number of nitrogens with zero attached hydrogens (tertiary/aromatic N) is 5. The average Bonchev–Trinajstić information content (AvgIpc) is 3.35. The second-order valence-electron chi connectivity index (χ2n) is 8.19. The van der Waals surface area contributed by atoms with E-state index in [4.69, 9.17) is 17.3 Å². The lowest BCUT2D eigenvalue weighted by Crippen LogP contribution is -2.50. The molecule has 1 atom stereocenters. The first-order chi connectivity index (χ1) is 15.6. The lowest BCUT2D eigenvalue weighted by atomic mass is 10.0. The first-order valence-corrected chi connectivity index (χ1v) is 12.9. The van der Waals surface area contributed by atoms with E-state index in [0.717, 1.165) is 37.0 Å². The molecule has 4 heterocycles. The summed E-state index contributed by atoms with van der Waals surface area (Å²) in [5, 5.41) is 1.28. The number of hydrogen-bond donors (Lipinski definition) is 1. The van der Waals surface area contributed by atoms with Crippen molar-refractivity contribution in [2.45, 2.75) is 12.5 Å². The van der Waals surface area contributed by atoms with E-state index in [9.17, 15) is 8.42 Å². The van der Waals surface area contributed by atoms with Crippen LogP contribution in [0.5, 0.6) is 0 Å². The third kappa shape index (κ3) is 3.49. The fourth-order valence-corrected chi connectivity index (χ4v) is 7.38. The summed E-state index contributed by atoms with van der Waals surface area (Å²) in [6.07, 6.45) is 5.37. The van der Waals surface area contributed by atoms with Gasteiger partial charge in [0.2, 0.25) is 16.0 Å². The van der Waals surface area contributed by atoms with Crippen molar-refractivity contribution >= 4 is 49.0 Å². The zero-order valence-electron chi connectivity index (χ0n) is 18.2. The fourth-order valence-electron chi connectivity index (χ4n) is 4.03. The molecule has 0 radical (unpaired) electrons. The Morgan fingerprint density at radius 2 is 1.79 bits per heavy atom. The van der Waals surface area contributed by atoms with Crippen LogP contribution in [0.3, 0.4) is 0 Å². The van der Waals surface area contributed by atoms with Gasteiger partial charge in [-0.1, -0.05) is 35.9 Å². The number of halogens is 1. The standard InChI is InChI=1S/C22H21ClN6O2S2/c1-22(12-33(30,31)29(3)21(24)27-22)19-16(23)15-8-9-25-17(18(15)32-19)13-4-6-14(7-5-13)20-26-10-11-28(20)2/h4-11H,12H2,1-3H3,(H2,24,27)/t22-/m0/s1. The Kier molecular flexibility index (Phi) is 5.00. The summed E-state index contributed by atoms with van der Waals surface area (Å²) in [4.78, 5) is 14.2. The van der Waals surface area contributed by atoms with E-state index in [1.54, 1.807) is 19.3 Å². The first kappa shape index (κ1) is 21.9. The van der Waals surface area contributed by atoms with Crippen molar-refractivity contribution in [3.05, 3.63) is 58.8 Å².